The van der Waals surface area contributed by atoms with Crippen molar-refractivity contribution < 1.29 is 0 Å². The predicted octanol–water partition coefficient (Wildman–Crippen LogP) is 21.6. The molecule has 4 aromatic carbocycles. The zero-order valence-corrected chi connectivity index (χ0v) is 42.3. The number of hydrogen-bond acceptors (Lipinski definition) is 4. The maximum Gasteiger partial charge on any atom is 0.0530 e. The summed E-state index contributed by atoms with van der Waals surface area (Å²) in [7, 11) is 0. The lowest BCUT2D eigenvalue weighted by Crippen LogP contribution is -1.83. The van der Waals surface area contributed by atoms with Crippen molar-refractivity contribution in [1.82, 2.24) is 0 Å². The van der Waals surface area contributed by atoms with Gasteiger partial charge in [-0.15, -0.1) is 45.3 Å². The predicted molar refractivity (Wildman–Crippen MR) is 289 cm³/mol. The van der Waals surface area contributed by atoms with E-state index >= 15 is 0 Å². The van der Waals surface area contributed by atoms with Crippen molar-refractivity contribution in [1.29, 1.82) is 0 Å². The van der Waals surface area contributed by atoms with Crippen LogP contribution in [0.25, 0.3) is 72.7 Å². The molecule has 8 rings (SSSR count). The van der Waals surface area contributed by atoms with Crippen molar-refractivity contribution in [2.45, 2.75) is 207 Å². The van der Waals surface area contributed by atoms with Crippen LogP contribution in [0.15, 0.2) is 48.5 Å². The molecule has 0 aliphatic carbocycles. The third kappa shape index (κ3) is 10.9. The first-order valence-corrected chi connectivity index (χ1v) is 29.0. The number of aryl methyl sites for hydroxylation is 4. The number of fused-ring (bicyclic) bond motifs is 13. The molecule has 0 bridgehead atoms. The summed E-state index contributed by atoms with van der Waals surface area (Å²) < 4.78 is 6.19. The first-order chi connectivity index (χ1) is 30.6. The maximum absolute atomic E-state index is 2.61. The zero-order valence-electron chi connectivity index (χ0n) is 39.1. The number of unbranched alkanes of at least 4 members (excludes halogenated alkanes) is 20. The number of rotatable bonds is 28. The highest BCUT2D eigenvalue weighted by Crippen LogP contribution is 2.48. The van der Waals surface area contributed by atoms with E-state index < -0.39 is 0 Å². The molecule has 0 aliphatic rings. The second-order valence-corrected chi connectivity index (χ2v) is 23.6. The minimum Gasteiger partial charge on any atom is -0.139 e. The molecule has 4 heteroatoms. The van der Waals surface area contributed by atoms with Gasteiger partial charge in [0.25, 0.3) is 0 Å². The second-order valence-electron chi connectivity index (χ2n) is 19.0. The van der Waals surface area contributed by atoms with Crippen LogP contribution in [0.5, 0.6) is 0 Å². The highest BCUT2D eigenvalue weighted by Gasteiger charge is 2.19. The Morgan fingerprint density at radius 3 is 0.677 bits per heavy atom. The Hall–Kier alpha value is -2.50. The van der Waals surface area contributed by atoms with Crippen molar-refractivity contribution in [3.8, 4) is 0 Å². The van der Waals surface area contributed by atoms with Crippen LogP contribution in [0.3, 0.4) is 0 Å². The van der Waals surface area contributed by atoms with E-state index in [9.17, 15) is 0 Å². The molecule has 4 heterocycles. The van der Waals surface area contributed by atoms with Crippen LogP contribution in [0.1, 0.15) is 201 Å². The molecule has 8 aromatic rings. The standard InChI is InChI=1S/C58H76S4/c1-5-9-13-17-21-25-29-43-37-51-47-33-41-35-49-50(36-42(41)34-48(47)52-38-44(60-56(52)55(51)59-43)30-26-22-18-14-10-6-2)54-40-46(32-28-24-20-16-12-8-4)62-58(54)57-53(49)39-45(61-57)31-27-23-19-15-11-7-3/h33-40H,5-32H2,1-4H3. The van der Waals surface area contributed by atoms with Gasteiger partial charge < -0.3 is 0 Å². The Morgan fingerprint density at radius 2 is 0.452 bits per heavy atom. The molecule has 0 unspecified atom stereocenters. The summed E-state index contributed by atoms with van der Waals surface area (Å²) in [5.41, 5.74) is 0. The van der Waals surface area contributed by atoms with Gasteiger partial charge >= 0.3 is 0 Å². The monoisotopic (exact) mass is 900 g/mol. The van der Waals surface area contributed by atoms with Gasteiger partial charge in [-0.1, -0.05) is 156 Å². The van der Waals surface area contributed by atoms with E-state index in [1.54, 1.807) is 38.3 Å². The van der Waals surface area contributed by atoms with Gasteiger partial charge in [0.1, 0.15) is 0 Å². The molecule has 0 fully saturated rings. The van der Waals surface area contributed by atoms with E-state index in [4.69, 9.17) is 0 Å². The van der Waals surface area contributed by atoms with Gasteiger partial charge in [-0.05, 0) is 132 Å². The van der Waals surface area contributed by atoms with Crippen LogP contribution in [0.4, 0.5) is 0 Å². The number of benzene rings is 4. The zero-order chi connectivity index (χ0) is 42.7. The molecule has 0 aliphatic heterocycles. The number of thiophene rings is 4. The molecule has 62 heavy (non-hydrogen) atoms. The Morgan fingerprint density at radius 1 is 0.242 bits per heavy atom. The highest BCUT2D eigenvalue weighted by atomic mass is 32.1. The lowest BCUT2D eigenvalue weighted by molar-refractivity contribution is 0.609. The van der Waals surface area contributed by atoms with E-state index in [0.717, 1.165) is 0 Å². The Kier molecular flexibility index (Phi) is 17.2. The topological polar surface area (TPSA) is 0 Å². The first-order valence-electron chi connectivity index (χ1n) is 25.7. The van der Waals surface area contributed by atoms with Gasteiger partial charge in [-0.25, -0.2) is 0 Å². The van der Waals surface area contributed by atoms with Crippen LogP contribution >= 0.6 is 45.3 Å². The average molecular weight is 902 g/mol. The van der Waals surface area contributed by atoms with Crippen LogP contribution in [0, 0.1) is 0 Å². The average Bonchev–Trinajstić information content (AvgIpc) is 4.10. The van der Waals surface area contributed by atoms with E-state index in [-0.39, 0.29) is 0 Å². The van der Waals surface area contributed by atoms with Crippen molar-refractivity contribution in [3.05, 3.63) is 68.0 Å². The summed E-state index contributed by atoms with van der Waals surface area (Å²) in [5.74, 6) is 0. The Balaban J connectivity index is 1.20. The summed E-state index contributed by atoms with van der Waals surface area (Å²) in [6, 6.07) is 20.9. The quantitative estimate of drug-likeness (QED) is 0.0339. The van der Waals surface area contributed by atoms with Gasteiger partial charge in [0.05, 0.1) is 18.8 Å². The molecule has 0 spiro atoms. The van der Waals surface area contributed by atoms with Crippen LogP contribution in [-0.4, -0.2) is 0 Å². The van der Waals surface area contributed by atoms with Crippen LogP contribution < -0.4 is 0 Å². The van der Waals surface area contributed by atoms with E-state index in [0.29, 0.717) is 0 Å². The molecule has 0 N–H and O–H groups in total. The van der Waals surface area contributed by atoms with Crippen LogP contribution in [0.2, 0.25) is 0 Å². The summed E-state index contributed by atoms with van der Waals surface area (Å²) in [6.07, 6.45) is 37.5. The highest BCUT2D eigenvalue weighted by molar-refractivity contribution is 7.28. The van der Waals surface area contributed by atoms with E-state index in [2.05, 4.69) is 122 Å². The summed E-state index contributed by atoms with van der Waals surface area (Å²) in [6.45, 7) is 9.29. The molecular weight excluding hydrogens is 825 g/mol. The van der Waals surface area contributed by atoms with Crippen molar-refractivity contribution in [2.75, 3.05) is 0 Å². The SMILES string of the molecule is CCCCCCCCc1cc2c3cc4cc5c(cc4cc3c3cc(CCCCCCCC)sc3c2s1)c1cc(CCCCCCCC)sc1c1sc(CCCCCCCC)cc51. The van der Waals surface area contributed by atoms with Gasteiger partial charge in [-0.2, -0.15) is 0 Å². The van der Waals surface area contributed by atoms with Crippen molar-refractivity contribution >= 4 is 118 Å². The normalized spacial score (nSPS) is 12.4. The summed E-state index contributed by atoms with van der Waals surface area (Å²) in [5, 5.41) is 14.7. The molecule has 0 saturated carbocycles. The van der Waals surface area contributed by atoms with Crippen LogP contribution in [-0.2, 0) is 25.7 Å². The van der Waals surface area contributed by atoms with Gasteiger partial charge in [0.2, 0.25) is 0 Å². The van der Waals surface area contributed by atoms with Crippen molar-refractivity contribution in [2.24, 2.45) is 0 Å². The maximum atomic E-state index is 2.61. The largest absolute Gasteiger partial charge is 0.139 e. The van der Waals surface area contributed by atoms with E-state index in [1.165, 1.54) is 234 Å². The molecule has 0 saturated heterocycles. The Labute approximate surface area is 390 Å². The smallest absolute Gasteiger partial charge is 0.0530 e. The lowest BCUT2D eigenvalue weighted by Gasteiger charge is -2.10. The van der Waals surface area contributed by atoms with E-state index in [1.807, 2.05) is 0 Å². The van der Waals surface area contributed by atoms with Gasteiger partial charge in [0, 0.05) is 41.1 Å². The van der Waals surface area contributed by atoms with Gasteiger partial charge in [0.15, 0.2) is 0 Å². The minimum atomic E-state index is 1.22. The molecule has 4 aromatic heterocycles. The summed E-state index contributed by atoms with van der Waals surface area (Å²) >= 11 is 8.45. The lowest BCUT2D eigenvalue weighted by atomic mass is 9.94. The molecule has 0 atom stereocenters. The first kappa shape index (κ1) is 46.0. The minimum absolute atomic E-state index is 1.22. The molecule has 0 nitrogen and oxygen atoms in total. The fourth-order valence-electron chi connectivity index (χ4n) is 10.3. The third-order valence-corrected chi connectivity index (χ3v) is 19.0. The molecule has 0 amide bonds. The number of hydrogen-bond donors (Lipinski definition) is 0. The molecule has 332 valence electrons. The fraction of sp³-hybridized carbons (Fsp3) is 0.552. The third-order valence-electron chi connectivity index (χ3n) is 13.9. The van der Waals surface area contributed by atoms with Gasteiger partial charge in [-0.3, -0.25) is 0 Å². The second kappa shape index (κ2) is 23.1. The van der Waals surface area contributed by atoms with Crippen molar-refractivity contribution in [3.63, 3.8) is 0 Å². The molecular formula is C58H76S4. The molecule has 0 radical (unpaired) electrons. The summed E-state index contributed by atoms with van der Waals surface area (Å²) in [4.78, 5) is 6.35. The Bertz CT molecular complexity index is 2290. The fourth-order valence-corrected chi connectivity index (χ4v) is 15.5.